The van der Waals surface area contributed by atoms with E-state index < -0.39 is 22.8 Å². The highest BCUT2D eigenvalue weighted by Gasteiger charge is 2.27. The van der Waals surface area contributed by atoms with Gasteiger partial charge in [0.05, 0.1) is 18.1 Å². The average molecular weight is 848 g/mol. The van der Waals surface area contributed by atoms with Crippen LogP contribution in [0, 0.1) is 10.1 Å². The van der Waals surface area contributed by atoms with Crippen LogP contribution in [0.25, 0.3) is 11.1 Å². The molecule has 0 saturated carbocycles. The molecule has 4 N–H and O–H groups in total. The molecule has 5 aromatic carbocycles. The maximum absolute atomic E-state index is 13.5. The van der Waals surface area contributed by atoms with Gasteiger partial charge in [-0.15, -0.1) is 11.8 Å². The van der Waals surface area contributed by atoms with E-state index in [-0.39, 0.29) is 17.3 Å². The molecule has 60 heavy (non-hydrogen) atoms. The highest BCUT2D eigenvalue weighted by Crippen LogP contribution is 2.32. The zero-order valence-electron chi connectivity index (χ0n) is 33.4. The van der Waals surface area contributed by atoms with E-state index in [1.165, 1.54) is 17.2 Å². The van der Waals surface area contributed by atoms with Crippen molar-refractivity contribution in [2.45, 2.75) is 29.9 Å². The lowest BCUT2D eigenvalue weighted by molar-refractivity contribution is -0.384. The Morgan fingerprint density at radius 1 is 0.833 bits per heavy atom. The van der Waals surface area contributed by atoms with E-state index in [0.29, 0.717) is 30.2 Å². The largest absolute Gasteiger partial charge is 0.379 e. The molecular weight excluding hydrogens is 798 g/mol. The van der Waals surface area contributed by atoms with Crippen LogP contribution in [-0.2, 0) is 16.1 Å². The van der Waals surface area contributed by atoms with E-state index in [0.717, 1.165) is 79.9 Å². The van der Waals surface area contributed by atoms with Crippen molar-refractivity contribution in [3.8, 4) is 11.1 Å². The van der Waals surface area contributed by atoms with E-state index in [9.17, 15) is 19.7 Å². The van der Waals surface area contributed by atoms with Crippen LogP contribution in [0.15, 0.2) is 126 Å². The highest BCUT2D eigenvalue weighted by atomic mass is 35.5. The first-order valence-corrected chi connectivity index (χ1v) is 21.6. The quantitative estimate of drug-likeness (QED) is 0.0489. The molecule has 0 bridgehead atoms. The summed E-state index contributed by atoms with van der Waals surface area (Å²) in [5.41, 5.74) is 11.0. The summed E-state index contributed by atoms with van der Waals surface area (Å²) in [5, 5.41) is 19.3. The summed E-state index contributed by atoms with van der Waals surface area (Å²) in [6, 6.07) is 36.8. The van der Waals surface area contributed by atoms with E-state index >= 15 is 0 Å². The molecule has 0 radical (unpaired) electrons. The minimum absolute atomic E-state index is 0.0943. The van der Waals surface area contributed by atoms with Crippen molar-refractivity contribution < 1.29 is 19.2 Å². The number of ether oxygens (including phenoxy) is 1. The number of thioether (sulfide) groups is 1. The fourth-order valence-corrected chi connectivity index (χ4v) is 8.84. The smallest absolute Gasteiger partial charge is 0.292 e. The second-order valence-corrected chi connectivity index (χ2v) is 16.6. The lowest BCUT2D eigenvalue weighted by Gasteiger charge is -2.36. The third kappa shape index (κ3) is 11.4. The lowest BCUT2D eigenvalue weighted by Crippen LogP contribution is -2.46. The van der Waals surface area contributed by atoms with Crippen LogP contribution in [0.1, 0.15) is 33.9 Å². The maximum atomic E-state index is 13.5. The van der Waals surface area contributed by atoms with Crippen molar-refractivity contribution >= 4 is 52.2 Å². The first-order valence-electron chi connectivity index (χ1n) is 20.2. The number of nitrogens with two attached hydrogens (primary N) is 1. The first kappa shape index (κ1) is 42.7. The lowest BCUT2D eigenvalue weighted by atomic mass is 9.99. The molecule has 0 spiro atoms. The number of carbonyl (C=O) groups is 2. The predicted molar refractivity (Wildman–Crippen MR) is 240 cm³/mol. The van der Waals surface area contributed by atoms with Crippen LogP contribution in [0.4, 0.5) is 17.1 Å². The first-order chi connectivity index (χ1) is 29.2. The molecule has 312 valence electrons. The van der Waals surface area contributed by atoms with E-state index in [4.69, 9.17) is 22.1 Å². The summed E-state index contributed by atoms with van der Waals surface area (Å²) in [6.45, 7) is 7.98. The van der Waals surface area contributed by atoms with Crippen molar-refractivity contribution in [2.75, 3.05) is 75.0 Å². The monoisotopic (exact) mass is 847 g/mol. The fraction of sp³-hybridized carbons (Fsp3) is 0.304. The van der Waals surface area contributed by atoms with Gasteiger partial charge >= 0.3 is 0 Å². The number of piperazine rings is 1. The van der Waals surface area contributed by atoms with Crippen molar-refractivity contribution in [3.63, 3.8) is 0 Å². The van der Waals surface area contributed by atoms with Crippen LogP contribution in [0.5, 0.6) is 0 Å². The topological polar surface area (TPSA) is 146 Å². The summed E-state index contributed by atoms with van der Waals surface area (Å²) in [7, 11) is 0. The highest BCUT2D eigenvalue weighted by molar-refractivity contribution is 7.99. The van der Waals surface area contributed by atoms with Gasteiger partial charge < -0.3 is 26.0 Å². The number of hydrogen-bond donors (Lipinski definition) is 3. The molecule has 7 rings (SSSR count). The number of benzene rings is 5. The SMILES string of the molecule is NC(=O)C(NC(=O)c1ccc(N2CCN(Cc3cc(Cl)ccc3-c3ccccc3)CC2)cc1)c1ccc(NC(CCN2CCOCC2)CSc2ccccc2)c([N+](=O)[O-])c1. The summed E-state index contributed by atoms with van der Waals surface area (Å²) in [4.78, 5) is 46.4. The van der Waals surface area contributed by atoms with Gasteiger partial charge in [-0.2, -0.15) is 0 Å². The van der Waals surface area contributed by atoms with Crippen molar-refractivity contribution in [2.24, 2.45) is 5.73 Å². The molecule has 5 aromatic rings. The molecule has 2 aliphatic heterocycles. The number of rotatable bonds is 17. The van der Waals surface area contributed by atoms with E-state index in [2.05, 4.69) is 49.6 Å². The van der Waals surface area contributed by atoms with Gasteiger partial charge in [0.25, 0.3) is 11.6 Å². The second-order valence-electron chi connectivity index (χ2n) is 15.0. The number of primary amides is 1. The zero-order valence-corrected chi connectivity index (χ0v) is 35.0. The van der Waals surface area contributed by atoms with Crippen molar-refractivity contribution in [1.82, 2.24) is 15.1 Å². The number of hydrogen-bond acceptors (Lipinski definition) is 10. The van der Waals surface area contributed by atoms with Crippen LogP contribution in [0.2, 0.25) is 5.02 Å². The Balaban J connectivity index is 0.975. The Bertz CT molecular complexity index is 2220. The molecule has 2 amide bonds. The standard InChI is InChI=1S/C46H50ClN7O5S/c47-37-14-17-41(33-7-3-1-4-8-33)36(29-37)31-52-21-23-53(24-22-52)39-15-11-34(12-16-39)46(56)50-44(45(48)55)35-13-18-42(43(30-35)54(57)58)49-38(19-20-51-25-27-59-28-26-51)32-60-40-9-5-2-6-10-40/h1-18,29-30,38,44,49H,19-28,31-32H2,(H2,48,55)(H,50,56). The number of halogens is 1. The number of morpholine rings is 1. The van der Waals surface area contributed by atoms with E-state index in [1.807, 2.05) is 66.7 Å². The molecule has 12 nitrogen and oxygen atoms in total. The number of nitrogens with zero attached hydrogens (tertiary/aromatic N) is 4. The van der Waals surface area contributed by atoms with Crippen molar-refractivity contribution in [3.05, 3.63) is 153 Å². The molecule has 2 saturated heterocycles. The van der Waals surface area contributed by atoms with E-state index in [1.54, 1.807) is 36.0 Å². The summed E-state index contributed by atoms with van der Waals surface area (Å²) >= 11 is 8.10. The third-order valence-corrected chi connectivity index (χ3v) is 12.4. The van der Waals surface area contributed by atoms with Gasteiger partial charge in [-0.3, -0.25) is 29.5 Å². The van der Waals surface area contributed by atoms with Crippen LogP contribution in [-0.4, -0.2) is 97.4 Å². The van der Waals surface area contributed by atoms with Gasteiger partial charge in [0.2, 0.25) is 5.91 Å². The van der Waals surface area contributed by atoms with Gasteiger partial charge in [-0.1, -0.05) is 72.3 Å². The molecular formula is C46H50ClN7O5S. The molecule has 2 fully saturated rings. The summed E-state index contributed by atoms with van der Waals surface area (Å²) in [6.07, 6.45) is 0.758. The van der Waals surface area contributed by atoms with Gasteiger partial charge in [0.1, 0.15) is 11.7 Å². The number of nitro groups is 1. The minimum Gasteiger partial charge on any atom is -0.379 e. The van der Waals surface area contributed by atoms with Crippen LogP contribution >= 0.6 is 23.4 Å². The molecule has 14 heteroatoms. The average Bonchev–Trinajstić information content (AvgIpc) is 3.28. The van der Waals surface area contributed by atoms with Gasteiger partial charge in [-0.05, 0) is 83.3 Å². The predicted octanol–water partition coefficient (Wildman–Crippen LogP) is 7.49. The number of carbonyl (C=O) groups excluding carboxylic acids is 2. The molecule has 2 aliphatic rings. The molecule has 2 atom stereocenters. The third-order valence-electron chi connectivity index (χ3n) is 11.0. The number of anilines is 2. The summed E-state index contributed by atoms with van der Waals surface area (Å²) < 4.78 is 5.50. The Kier molecular flexibility index (Phi) is 14.7. The zero-order chi connectivity index (χ0) is 41.8. The Morgan fingerprint density at radius 2 is 1.53 bits per heavy atom. The van der Waals surface area contributed by atoms with Crippen LogP contribution < -0.4 is 21.3 Å². The van der Waals surface area contributed by atoms with Crippen molar-refractivity contribution in [1.29, 1.82) is 0 Å². The molecule has 0 aromatic heterocycles. The van der Waals surface area contributed by atoms with Crippen LogP contribution in [0.3, 0.4) is 0 Å². The number of nitro benzene ring substituents is 1. The Hall–Kier alpha value is -5.44. The molecule has 2 unspecified atom stereocenters. The van der Waals surface area contributed by atoms with Gasteiger partial charge in [0.15, 0.2) is 0 Å². The minimum atomic E-state index is -1.29. The summed E-state index contributed by atoms with van der Waals surface area (Å²) in [5.74, 6) is -0.664. The normalized spacial score (nSPS) is 15.8. The second kappa shape index (κ2) is 20.7. The molecule has 2 heterocycles. The number of amides is 2. The Morgan fingerprint density at radius 3 is 2.22 bits per heavy atom. The molecule has 0 aliphatic carbocycles. The fourth-order valence-electron chi connectivity index (χ4n) is 7.65. The number of nitrogens with one attached hydrogen (secondary N) is 2. The maximum Gasteiger partial charge on any atom is 0.292 e. The van der Waals surface area contributed by atoms with Gasteiger partial charge in [0, 0.05) is 91.4 Å². The Labute approximate surface area is 360 Å². The van der Waals surface area contributed by atoms with Gasteiger partial charge in [-0.25, -0.2) is 0 Å².